The molecular formula is C24H16FNO2. The third kappa shape index (κ3) is 2.42. The molecule has 0 unspecified atom stereocenters. The van der Waals surface area contributed by atoms with Gasteiger partial charge in [-0.3, -0.25) is 9.59 Å². The van der Waals surface area contributed by atoms with E-state index < -0.39 is 11.8 Å². The van der Waals surface area contributed by atoms with Crippen LogP contribution in [-0.4, -0.2) is 16.6 Å². The van der Waals surface area contributed by atoms with Crippen molar-refractivity contribution in [1.29, 1.82) is 0 Å². The standard InChI is InChI=1S/C24H16FNO2/c25-15-11-9-14(10-12-15)21(19-13-26-20-8-4-3-5-16(19)20)22-23(27)17-6-1-2-7-18(17)24(22)28/h1-13,21-22,26H/t21-/m0/s1. The van der Waals surface area contributed by atoms with E-state index in [0.29, 0.717) is 11.1 Å². The Morgan fingerprint density at radius 2 is 1.39 bits per heavy atom. The lowest BCUT2D eigenvalue weighted by molar-refractivity contribution is 0.0825. The number of carbonyl (C=O) groups is 2. The third-order valence-electron chi connectivity index (χ3n) is 5.54. The van der Waals surface area contributed by atoms with Gasteiger partial charge in [-0.25, -0.2) is 4.39 Å². The Morgan fingerprint density at radius 1 is 0.786 bits per heavy atom. The average Bonchev–Trinajstić information content (AvgIpc) is 3.25. The highest BCUT2D eigenvalue weighted by Gasteiger charge is 2.44. The van der Waals surface area contributed by atoms with Crippen molar-refractivity contribution in [2.24, 2.45) is 5.92 Å². The fraction of sp³-hybridized carbons (Fsp3) is 0.0833. The van der Waals surface area contributed by atoms with E-state index in [1.54, 1.807) is 36.4 Å². The van der Waals surface area contributed by atoms with Gasteiger partial charge in [0.05, 0.1) is 5.92 Å². The second-order valence-electron chi connectivity index (χ2n) is 7.07. The summed E-state index contributed by atoms with van der Waals surface area (Å²) in [5, 5.41) is 0.952. The van der Waals surface area contributed by atoms with Crippen LogP contribution in [0.25, 0.3) is 10.9 Å². The molecule has 0 spiro atoms. The highest BCUT2D eigenvalue weighted by Crippen LogP contribution is 2.42. The lowest BCUT2D eigenvalue weighted by Gasteiger charge is -2.22. The van der Waals surface area contributed by atoms with E-state index >= 15 is 0 Å². The number of H-pyrrole nitrogens is 1. The summed E-state index contributed by atoms with van der Waals surface area (Å²) in [6.07, 6.45) is 1.85. The molecule has 5 rings (SSSR count). The molecule has 0 bridgehead atoms. The summed E-state index contributed by atoms with van der Waals surface area (Å²) in [7, 11) is 0. The molecule has 136 valence electrons. The van der Waals surface area contributed by atoms with Crippen LogP contribution in [0.15, 0.2) is 79.0 Å². The number of ketones is 2. The van der Waals surface area contributed by atoms with Crippen molar-refractivity contribution in [3.05, 3.63) is 107 Å². The summed E-state index contributed by atoms with van der Waals surface area (Å²) in [5.74, 6) is -2.07. The van der Waals surface area contributed by atoms with Gasteiger partial charge in [-0.2, -0.15) is 0 Å². The second kappa shape index (κ2) is 6.27. The smallest absolute Gasteiger partial charge is 0.175 e. The van der Waals surface area contributed by atoms with Gasteiger partial charge in [0.1, 0.15) is 5.82 Å². The summed E-state index contributed by atoms with van der Waals surface area (Å²) in [4.78, 5) is 29.7. The molecule has 0 saturated heterocycles. The molecule has 28 heavy (non-hydrogen) atoms. The fourth-order valence-electron chi connectivity index (χ4n) is 4.24. The number of hydrogen-bond acceptors (Lipinski definition) is 2. The molecule has 0 saturated carbocycles. The maximum atomic E-state index is 13.6. The van der Waals surface area contributed by atoms with Crippen LogP contribution < -0.4 is 0 Å². The van der Waals surface area contributed by atoms with Gasteiger partial charge in [-0.05, 0) is 29.3 Å². The van der Waals surface area contributed by atoms with Gasteiger partial charge in [0.15, 0.2) is 11.6 Å². The van der Waals surface area contributed by atoms with E-state index in [9.17, 15) is 14.0 Å². The first-order chi connectivity index (χ1) is 13.6. The number of Topliss-reactive ketones (excluding diaryl/α,β-unsaturated/α-hetero) is 2. The molecule has 3 aromatic carbocycles. The predicted molar refractivity (Wildman–Crippen MR) is 105 cm³/mol. The van der Waals surface area contributed by atoms with Gasteiger partial charge in [-0.1, -0.05) is 54.6 Å². The summed E-state index contributed by atoms with van der Waals surface area (Å²) in [5.41, 5.74) is 3.46. The normalized spacial score (nSPS) is 15.2. The molecular weight excluding hydrogens is 353 g/mol. The maximum Gasteiger partial charge on any atom is 0.175 e. The van der Waals surface area contributed by atoms with Gasteiger partial charge in [0.25, 0.3) is 0 Å². The lowest BCUT2D eigenvalue weighted by Crippen LogP contribution is -2.24. The van der Waals surface area contributed by atoms with Crippen molar-refractivity contribution in [1.82, 2.24) is 4.98 Å². The Labute approximate surface area is 160 Å². The minimum atomic E-state index is -0.859. The summed E-state index contributed by atoms with van der Waals surface area (Å²) in [6.45, 7) is 0. The maximum absolute atomic E-state index is 13.6. The van der Waals surface area contributed by atoms with Crippen LogP contribution in [0.3, 0.4) is 0 Å². The third-order valence-corrected chi connectivity index (χ3v) is 5.54. The molecule has 0 fully saturated rings. The summed E-state index contributed by atoms with van der Waals surface area (Å²) >= 11 is 0. The van der Waals surface area contributed by atoms with E-state index in [0.717, 1.165) is 22.0 Å². The fourth-order valence-corrected chi connectivity index (χ4v) is 4.24. The van der Waals surface area contributed by atoms with Crippen molar-refractivity contribution in [3.63, 3.8) is 0 Å². The number of carbonyl (C=O) groups excluding carboxylic acids is 2. The first-order valence-electron chi connectivity index (χ1n) is 9.14. The summed E-state index contributed by atoms with van der Waals surface area (Å²) < 4.78 is 13.6. The Hall–Kier alpha value is -3.53. The van der Waals surface area contributed by atoms with Gasteiger partial charge in [0.2, 0.25) is 0 Å². The van der Waals surface area contributed by atoms with Crippen LogP contribution >= 0.6 is 0 Å². The number of para-hydroxylation sites is 1. The number of halogens is 1. The first-order valence-corrected chi connectivity index (χ1v) is 9.14. The van der Waals surface area contributed by atoms with Crippen molar-refractivity contribution >= 4 is 22.5 Å². The zero-order chi connectivity index (χ0) is 19.3. The quantitative estimate of drug-likeness (QED) is 0.509. The molecule has 1 N–H and O–H groups in total. The Kier molecular flexibility index (Phi) is 3.72. The van der Waals surface area contributed by atoms with Crippen LogP contribution in [0.4, 0.5) is 4.39 Å². The van der Waals surface area contributed by atoms with Gasteiger partial charge in [0, 0.05) is 34.1 Å². The SMILES string of the molecule is O=C1c2ccccc2C(=O)C1[C@@H](c1ccc(F)cc1)c1c[nH]c2ccccc12. The highest BCUT2D eigenvalue weighted by atomic mass is 19.1. The van der Waals surface area contributed by atoms with Crippen molar-refractivity contribution in [2.45, 2.75) is 5.92 Å². The van der Waals surface area contributed by atoms with Crippen LogP contribution in [-0.2, 0) is 0 Å². The monoisotopic (exact) mass is 369 g/mol. The topological polar surface area (TPSA) is 49.9 Å². The number of rotatable bonds is 3. The van der Waals surface area contributed by atoms with Crippen LogP contribution in [0.1, 0.15) is 37.8 Å². The highest BCUT2D eigenvalue weighted by molar-refractivity contribution is 6.27. The molecule has 0 amide bonds. The Balaban J connectivity index is 1.73. The van der Waals surface area contributed by atoms with Crippen LogP contribution in [0, 0.1) is 11.7 Å². The summed E-state index contributed by atoms with van der Waals surface area (Å²) in [6, 6.07) is 20.8. The second-order valence-corrected chi connectivity index (χ2v) is 7.07. The van der Waals surface area contributed by atoms with Crippen molar-refractivity contribution in [2.75, 3.05) is 0 Å². The number of fused-ring (bicyclic) bond motifs is 2. The molecule has 0 radical (unpaired) electrons. The first kappa shape index (κ1) is 16.6. The zero-order valence-electron chi connectivity index (χ0n) is 14.9. The number of aromatic amines is 1. The van der Waals surface area contributed by atoms with E-state index in [2.05, 4.69) is 4.98 Å². The Bertz CT molecular complexity index is 1190. The van der Waals surface area contributed by atoms with Crippen LogP contribution in [0.2, 0.25) is 0 Å². The molecule has 1 aliphatic carbocycles. The minimum Gasteiger partial charge on any atom is -0.361 e. The van der Waals surface area contributed by atoms with E-state index in [-0.39, 0.29) is 17.4 Å². The molecule has 1 heterocycles. The van der Waals surface area contributed by atoms with Gasteiger partial charge in [-0.15, -0.1) is 0 Å². The number of benzene rings is 3. The van der Waals surface area contributed by atoms with Crippen molar-refractivity contribution in [3.8, 4) is 0 Å². The zero-order valence-corrected chi connectivity index (χ0v) is 14.9. The number of hydrogen-bond donors (Lipinski definition) is 1. The van der Waals surface area contributed by atoms with E-state index in [1.807, 2.05) is 30.5 Å². The molecule has 0 aliphatic heterocycles. The predicted octanol–water partition coefficient (Wildman–Crippen LogP) is 5.13. The number of aromatic nitrogens is 1. The molecule has 1 aliphatic rings. The van der Waals surface area contributed by atoms with Gasteiger partial charge < -0.3 is 4.98 Å². The largest absolute Gasteiger partial charge is 0.361 e. The average molecular weight is 369 g/mol. The lowest BCUT2D eigenvalue weighted by atomic mass is 9.78. The molecule has 1 atom stereocenters. The number of nitrogens with one attached hydrogen (secondary N) is 1. The van der Waals surface area contributed by atoms with E-state index in [1.165, 1.54) is 12.1 Å². The molecule has 4 aromatic rings. The Morgan fingerprint density at radius 3 is 2.07 bits per heavy atom. The molecule has 3 nitrogen and oxygen atoms in total. The molecule has 1 aromatic heterocycles. The minimum absolute atomic E-state index is 0.180. The van der Waals surface area contributed by atoms with Crippen molar-refractivity contribution < 1.29 is 14.0 Å². The van der Waals surface area contributed by atoms with E-state index in [4.69, 9.17) is 0 Å². The van der Waals surface area contributed by atoms with Crippen LogP contribution in [0.5, 0.6) is 0 Å². The molecule has 4 heteroatoms. The van der Waals surface area contributed by atoms with Gasteiger partial charge >= 0.3 is 0 Å².